The monoisotopic (exact) mass is 962 g/mol. The van der Waals surface area contributed by atoms with Crippen molar-refractivity contribution in [2.45, 2.75) is 64.8 Å². The van der Waals surface area contributed by atoms with Crippen LogP contribution in [0.3, 0.4) is 0 Å². The van der Waals surface area contributed by atoms with Crippen molar-refractivity contribution in [3.63, 3.8) is 0 Å². The quantitative estimate of drug-likeness (QED) is 0.0583. The number of ether oxygens (including phenoxy) is 1. The summed E-state index contributed by atoms with van der Waals surface area (Å²) in [6, 6.07) is 13.9. The molecule has 0 unspecified atom stereocenters. The molecule has 5 aromatic rings. The van der Waals surface area contributed by atoms with Crippen LogP contribution in [0.15, 0.2) is 65.1 Å². The van der Waals surface area contributed by atoms with E-state index in [2.05, 4.69) is 41.4 Å². The summed E-state index contributed by atoms with van der Waals surface area (Å²) in [5, 5.41) is 36.3. The van der Waals surface area contributed by atoms with E-state index in [1.165, 1.54) is 44.0 Å². The standard InChI is InChI=1S/C19H17Cl3N4O3.C19H15Cl3N4O2.C4H8O/c1-9-14(6-7-15(23-3)16(9)22)24-17(10(2)27)19(29)26-25-18(28)11-4-5-12(20)13(21)8-11;1-9-14(6-7-15(23-3)16(9)22)24-17(10(2)27)19-26-25-18(28-19)11-4-5-12(20)13(21)8-11;1-2-4-5-3-1/h4-8,10,17,24,27H,1-2H3,(H,25,28)(H,26,29);4-8,10,17,24,27H,1-2H3;1-4H2/t2*10-,17-;/m11./s1. The van der Waals surface area contributed by atoms with Gasteiger partial charge in [-0.3, -0.25) is 20.4 Å². The number of anilines is 2. The van der Waals surface area contributed by atoms with Crippen molar-refractivity contribution in [2.24, 2.45) is 0 Å². The van der Waals surface area contributed by atoms with Crippen LogP contribution in [0.4, 0.5) is 22.7 Å². The third-order valence-electron chi connectivity index (χ3n) is 9.02. The molecule has 1 fully saturated rings. The van der Waals surface area contributed by atoms with Crippen molar-refractivity contribution in [2.75, 3.05) is 23.8 Å². The second-order valence-corrected chi connectivity index (χ2v) is 15.9. The Kier molecular flexibility index (Phi) is 18.9. The van der Waals surface area contributed by atoms with Gasteiger partial charge in [0, 0.05) is 35.7 Å². The Morgan fingerprint density at radius 2 is 1.26 bits per heavy atom. The summed E-state index contributed by atoms with van der Waals surface area (Å²) in [4.78, 5) is 31.3. The maximum absolute atomic E-state index is 12.5. The molecule has 0 spiro atoms. The summed E-state index contributed by atoms with van der Waals surface area (Å²) >= 11 is 36.0. The second kappa shape index (κ2) is 23.6. The minimum absolute atomic E-state index is 0.193. The highest BCUT2D eigenvalue weighted by Crippen LogP contribution is 2.36. The molecular weight excluding hydrogens is 925 g/mol. The summed E-state index contributed by atoms with van der Waals surface area (Å²) in [5.74, 6) is -0.847. The van der Waals surface area contributed by atoms with Gasteiger partial charge in [0.1, 0.15) is 12.1 Å². The van der Waals surface area contributed by atoms with Gasteiger partial charge in [0.2, 0.25) is 23.2 Å². The molecule has 1 aliphatic heterocycles. The number of rotatable bonds is 10. The summed E-state index contributed by atoms with van der Waals surface area (Å²) in [5.41, 5.74) is 8.31. The molecule has 2 amide bonds. The number of nitrogens with one attached hydrogen (secondary N) is 4. The van der Waals surface area contributed by atoms with Crippen LogP contribution in [-0.4, -0.2) is 63.7 Å². The Bertz CT molecular complexity index is 2460. The number of aromatic nitrogens is 2. The highest BCUT2D eigenvalue weighted by molar-refractivity contribution is 6.42. The van der Waals surface area contributed by atoms with E-state index < -0.39 is 36.1 Å². The van der Waals surface area contributed by atoms with Crippen molar-refractivity contribution < 1.29 is 29.0 Å². The average Bonchev–Trinajstić information content (AvgIpc) is 4.00. The Labute approximate surface area is 388 Å². The number of aliphatic hydroxyl groups is 2. The smallest absolute Gasteiger partial charge is 0.269 e. The molecule has 326 valence electrons. The molecule has 6 rings (SSSR count). The molecule has 6 N–H and O–H groups in total. The number of benzene rings is 4. The fourth-order valence-electron chi connectivity index (χ4n) is 5.48. The van der Waals surface area contributed by atoms with E-state index in [4.69, 9.17) is 91.9 Å². The van der Waals surface area contributed by atoms with Gasteiger partial charge in [0.25, 0.3) is 11.8 Å². The lowest BCUT2D eigenvalue weighted by Crippen LogP contribution is -2.52. The predicted octanol–water partition coefficient (Wildman–Crippen LogP) is 11.0. The van der Waals surface area contributed by atoms with Gasteiger partial charge in [-0.2, -0.15) is 0 Å². The van der Waals surface area contributed by atoms with Crippen molar-refractivity contribution in [3.8, 4) is 11.5 Å². The zero-order chi connectivity index (χ0) is 45.7. The van der Waals surface area contributed by atoms with E-state index in [1.54, 1.807) is 57.2 Å². The van der Waals surface area contributed by atoms with E-state index in [1.807, 2.05) is 0 Å². The first-order valence-corrected chi connectivity index (χ1v) is 20.9. The normalized spacial score (nSPS) is 13.6. The van der Waals surface area contributed by atoms with Gasteiger partial charge in [0.15, 0.2) is 0 Å². The number of amides is 2. The molecule has 1 saturated heterocycles. The number of hydrazine groups is 1. The summed E-state index contributed by atoms with van der Waals surface area (Å²) in [6.07, 6.45) is 0.608. The van der Waals surface area contributed by atoms with Crippen molar-refractivity contribution in [1.82, 2.24) is 21.0 Å². The Balaban J connectivity index is 0.000000244. The Morgan fingerprint density at radius 3 is 1.74 bits per heavy atom. The average molecular weight is 966 g/mol. The highest BCUT2D eigenvalue weighted by Gasteiger charge is 2.27. The van der Waals surface area contributed by atoms with Crippen LogP contribution >= 0.6 is 69.6 Å². The summed E-state index contributed by atoms with van der Waals surface area (Å²) in [7, 11) is 0. The van der Waals surface area contributed by atoms with E-state index in [0.29, 0.717) is 53.8 Å². The molecule has 4 aromatic carbocycles. The summed E-state index contributed by atoms with van der Waals surface area (Å²) in [6.45, 7) is 22.7. The van der Waals surface area contributed by atoms with Gasteiger partial charge in [0.05, 0.1) is 55.5 Å². The molecule has 2 heterocycles. The largest absolute Gasteiger partial charge is 0.418 e. The van der Waals surface area contributed by atoms with Gasteiger partial charge in [-0.25, -0.2) is 9.69 Å². The second-order valence-electron chi connectivity index (χ2n) is 13.6. The number of hydrogen-bond donors (Lipinski definition) is 6. The number of hydrogen-bond acceptors (Lipinski definition) is 10. The van der Waals surface area contributed by atoms with E-state index >= 15 is 0 Å². The predicted molar refractivity (Wildman–Crippen MR) is 244 cm³/mol. The van der Waals surface area contributed by atoms with E-state index in [9.17, 15) is 19.8 Å². The molecule has 0 saturated carbocycles. The molecule has 4 atom stereocenters. The molecule has 1 aromatic heterocycles. The fourth-order valence-corrected chi connectivity index (χ4v) is 6.49. The van der Waals surface area contributed by atoms with Crippen molar-refractivity contribution in [1.29, 1.82) is 0 Å². The first-order valence-electron chi connectivity index (χ1n) is 18.6. The van der Waals surface area contributed by atoms with Crippen molar-refractivity contribution >= 4 is 104 Å². The van der Waals surface area contributed by atoms with Crippen LogP contribution in [0.2, 0.25) is 30.1 Å². The molecule has 14 nitrogen and oxygen atoms in total. The lowest BCUT2D eigenvalue weighted by atomic mass is 10.1. The number of nitrogens with zero attached hydrogens (tertiary/aromatic N) is 4. The molecule has 0 radical (unpaired) electrons. The SMILES string of the molecule is C1CCOC1.[C-]#[N+]c1ccc(N[C@@H](C(=O)NNC(=O)c2ccc(Cl)c(Cl)c2)[C@@H](C)O)c(C)c1Cl.[C-]#[N+]c1ccc(N[C@@H](c2nnc(-c3ccc(Cl)c(Cl)c3)o2)[C@@H](C)O)c(C)c1Cl. The summed E-state index contributed by atoms with van der Waals surface area (Å²) < 4.78 is 10.7. The first kappa shape index (κ1) is 49.8. The zero-order valence-corrected chi connectivity index (χ0v) is 38.0. The lowest BCUT2D eigenvalue weighted by Gasteiger charge is -2.23. The highest BCUT2D eigenvalue weighted by atomic mass is 35.5. The van der Waals surface area contributed by atoms with Crippen LogP contribution < -0.4 is 21.5 Å². The van der Waals surface area contributed by atoms with E-state index in [-0.39, 0.29) is 33.1 Å². The Morgan fingerprint density at radius 1 is 0.710 bits per heavy atom. The number of halogens is 6. The van der Waals surface area contributed by atoms with Crippen LogP contribution in [-0.2, 0) is 9.53 Å². The van der Waals surface area contributed by atoms with Crippen LogP contribution in [0, 0.1) is 27.0 Å². The zero-order valence-electron chi connectivity index (χ0n) is 33.5. The number of carbonyl (C=O) groups excluding carboxylic acids is 2. The molecule has 1 aliphatic rings. The minimum Gasteiger partial charge on any atom is -0.418 e. The number of aliphatic hydroxyl groups excluding tert-OH is 2. The lowest BCUT2D eigenvalue weighted by molar-refractivity contribution is -0.124. The first-order chi connectivity index (χ1) is 29.5. The molecular formula is C42H40Cl6N8O6. The number of carbonyl (C=O) groups is 2. The van der Waals surface area contributed by atoms with Crippen LogP contribution in [0.25, 0.3) is 21.1 Å². The third-order valence-corrected chi connectivity index (χ3v) is 11.5. The molecule has 20 heteroatoms. The fraction of sp³-hybridized carbons (Fsp3) is 0.286. The van der Waals surface area contributed by atoms with Gasteiger partial charge < -0.3 is 30.0 Å². The topological polar surface area (TPSA) is 180 Å². The molecule has 0 bridgehead atoms. The van der Waals surface area contributed by atoms with Crippen LogP contribution in [0.5, 0.6) is 0 Å². The van der Waals surface area contributed by atoms with Gasteiger partial charge in [-0.05, 0) is 100 Å². The van der Waals surface area contributed by atoms with Gasteiger partial charge in [-0.15, -0.1) is 10.2 Å². The van der Waals surface area contributed by atoms with Gasteiger partial charge >= 0.3 is 0 Å². The molecule has 62 heavy (non-hydrogen) atoms. The van der Waals surface area contributed by atoms with Crippen molar-refractivity contribution in [3.05, 3.63) is 136 Å². The van der Waals surface area contributed by atoms with Gasteiger partial charge in [-0.1, -0.05) is 81.7 Å². The minimum atomic E-state index is -1.10. The third kappa shape index (κ3) is 13.3. The maximum Gasteiger partial charge on any atom is 0.269 e. The Hall–Kier alpha value is -4.84. The maximum atomic E-state index is 12.5. The molecule has 0 aliphatic carbocycles. The van der Waals surface area contributed by atoms with E-state index in [0.717, 1.165) is 13.2 Å². The van der Waals surface area contributed by atoms with Crippen LogP contribution in [0.1, 0.15) is 60.1 Å².